The van der Waals surface area contributed by atoms with Crippen molar-refractivity contribution in [3.63, 3.8) is 0 Å². The topological polar surface area (TPSA) is 56.2 Å². The molecular weight excluding hydrogens is 400 g/mol. The van der Waals surface area contributed by atoms with E-state index >= 15 is 0 Å². The van der Waals surface area contributed by atoms with Crippen LogP contribution in [0.4, 0.5) is 11.4 Å². The summed E-state index contributed by atoms with van der Waals surface area (Å²) in [7, 11) is 0. The largest absolute Gasteiger partial charge is 0.368 e. The van der Waals surface area contributed by atoms with Crippen LogP contribution >= 0.6 is 0 Å². The zero-order chi connectivity index (χ0) is 22.5. The number of carbonyl (C=O) groups excluding carboxylic acids is 2. The van der Waals surface area contributed by atoms with Crippen LogP contribution < -0.4 is 9.91 Å². The smallest absolute Gasteiger partial charge is 0.280 e. The Bertz CT molecular complexity index is 1020. The van der Waals surface area contributed by atoms with E-state index in [-0.39, 0.29) is 11.8 Å². The maximum atomic E-state index is 13.2. The Morgan fingerprint density at radius 1 is 0.969 bits per heavy atom. The van der Waals surface area contributed by atoms with E-state index in [2.05, 4.69) is 41.2 Å². The fraction of sp³-hybridized carbons (Fsp3) is 0.346. The van der Waals surface area contributed by atoms with Crippen molar-refractivity contribution in [3.05, 3.63) is 65.7 Å². The highest BCUT2D eigenvalue weighted by Crippen LogP contribution is 2.27. The van der Waals surface area contributed by atoms with Crippen molar-refractivity contribution in [1.82, 2.24) is 4.90 Å². The number of unbranched alkanes of at least 4 members (excludes halogenated alkanes) is 1. The molecule has 6 nitrogen and oxygen atoms in total. The molecule has 0 saturated carbocycles. The van der Waals surface area contributed by atoms with Crippen LogP contribution in [0.3, 0.4) is 0 Å². The number of anilines is 2. The van der Waals surface area contributed by atoms with Gasteiger partial charge in [-0.2, -0.15) is 10.1 Å². The maximum absolute atomic E-state index is 13.2. The second-order valence-electron chi connectivity index (χ2n) is 8.25. The van der Waals surface area contributed by atoms with Gasteiger partial charge in [-0.25, -0.2) is 0 Å². The first-order valence-electron chi connectivity index (χ1n) is 11.4. The van der Waals surface area contributed by atoms with Gasteiger partial charge in [0.05, 0.1) is 17.0 Å². The third-order valence-electron chi connectivity index (χ3n) is 6.02. The molecule has 0 N–H and O–H groups in total. The van der Waals surface area contributed by atoms with E-state index in [1.165, 1.54) is 5.01 Å². The first-order valence-corrected chi connectivity index (χ1v) is 11.4. The number of para-hydroxylation sites is 1. The molecule has 2 heterocycles. The molecule has 0 atom stereocenters. The molecule has 2 aliphatic heterocycles. The van der Waals surface area contributed by atoms with Gasteiger partial charge in [0.2, 0.25) is 5.91 Å². The normalized spacial score (nSPS) is 17.8. The van der Waals surface area contributed by atoms with Gasteiger partial charge in [0.25, 0.3) is 5.91 Å². The van der Waals surface area contributed by atoms with E-state index in [0.717, 1.165) is 68.1 Å². The second-order valence-corrected chi connectivity index (χ2v) is 8.25. The number of benzene rings is 2. The van der Waals surface area contributed by atoms with Gasteiger partial charge in [0, 0.05) is 38.8 Å². The minimum atomic E-state index is -0.0771. The summed E-state index contributed by atoms with van der Waals surface area (Å²) in [5, 5.41) is 6.17. The average Bonchev–Trinajstić information content (AvgIpc) is 3.14. The zero-order valence-electron chi connectivity index (χ0n) is 18.8. The van der Waals surface area contributed by atoms with Gasteiger partial charge >= 0.3 is 0 Å². The van der Waals surface area contributed by atoms with E-state index in [1.54, 1.807) is 6.92 Å². The molecule has 0 spiro atoms. The summed E-state index contributed by atoms with van der Waals surface area (Å²) < 4.78 is 0. The summed E-state index contributed by atoms with van der Waals surface area (Å²) in [5.41, 5.74) is 4.43. The zero-order valence-corrected chi connectivity index (χ0v) is 18.8. The van der Waals surface area contributed by atoms with Crippen LogP contribution in [0.25, 0.3) is 6.08 Å². The highest BCUT2D eigenvalue weighted by atomic mass is 16.2. The lowest BCUT2D eigenvalue weighted by Crippen LogP contribution is -2.48. The number of hydrazone groups is 1. The summed E-state index contributed by atoms with van der Waals surface area (Å²) in [4.78, 5) is 28.9. The molecule has 1 saturated heterocycles. The second kappa shape index (κ2) is 9.81. The molecule has 0 aromatic heterocycles. The highest BCUT2D eigenvalue weighted by molar-refractivity contribution is 6.32. The third kappa shape index (κ3) is 4.74. The fourth-order valence-electron chi connectivity index (χ4n) is 4.10. The van der Waals surface area contributed by atoms with E-state index in [0.29, 0.717) is 5.57 Å². The molecule has 0 aliphatic carbocycles. The van der Waals surface area contributed by atoms with Crippen molar-refractivity contribution < 1.29 is 9.59 Å². The Labute approximate surface area is 189 Å². The Morgan fingerprint density at radius 3 is 2.28 bits per heavy atom. The minimum absolute atomic E-state index is 0.0771. The van der Waals surface area contributed by atoms with Gasteiger partial charge in [-0.05, 0) is 48.7 Å². The first kappa shape index (κ1) is 21.8. The van der Waals surface area contributed by atoms with Gasteiger partial charge in [-0.15, -0.1) is 0 Å². The molecule has 0 unspecified atom stereocenters. The van der Waals surface area contributed by atoms with E-state index < -0.39 is 0 Å². The van der Waals surface area contributed by atoms with E-state index in [4.69, 9.17) is 0 Å². The molecule has 1 fully saturated rings. The fourth-order valence-corrected chi connectivity index (χ4v) is 4.10. The van der Waals surface area contributed by atoms with Crippen molar-refractivity contribution in [2.24, 2.45) is 5.10 Å². The Hall–Kier alpha value is -3.41. The average molecular weight is 431 g/mol. The van der Waals surface area contributed by atoms with Crippen LogP contribution in [-0.4, -0.2) is 48.6 Å². The molecule has 4 rings (SSSR count). The quantitative estimate of drug-likeness (QED) is 0.641. The summed E-state index contributed by atoms with van der Waals surface area (Å²) >= 11 is 0. The van der Waals surface area contributed by atoms with Crippen molar-refractivity contribution in [3.8, 4) is 0 Å². The predicted molar refractivity (Wildman–Crippen MR) is 130 cm³/mol. The predicted octanol–water partition coefficient (Wildman–Crippen LogP) is 4.33. The van der Waals surface area contributed by atoms with Crippen LogP contribution in [0.5, 0.6) is 0 Å². The molecule has 2 amide bonds. The number of carbonyl (C=O) groups is 2. The monoisotopic (exact) mass is 430 g/mol. The third-order valence-corrected chi connectivity index (χ3v) is 6.02. The van der Waals surface area contributed by atoms with Crippen LogP contribution in [0, 0.1) is 0 Å². The molecule has 0 bridgehead atoms. The van der Waals surface area contributed by atoms with Crippen molar-refractivity contribution in [2.75, 3.05) is 36.1 Å². The highest BCUT2D eigenvalue weighted by Gasteiger charge is 2.30. The number of hydrogen-bond donors (Lipinski definition) is 0. The Morgan fingerprint density at radius 2 is 1.66 bits per heavy atom. The van der Waals surface area contributed by atoms with Crippen LogP contribution in [0.1, 0.15) is 38.7 Å². The summed E-state index contributed by atoms with van der Waals surface area (Å²) in [6.45, 7) is 6.94. The molecule has 6 heteroatoms. The number of nitrogens with zero attached hydrogens (tertiary/aromatic N) is 4. The summed E-state index contributed by atoms with van der Waals surface area (Å²) in [5.74, 6) is 0.0599. The number of amides is 2. The lowest BCUT2D eigenvalue weighted by molar-refractivity contribution is -0.129. The van der Waals surface area contributed by atoms with Crippen molar-refractivity contribution >= 4 is 35.0 Å². The van der Waals surface area contributed by atoms with E-state index in [9.17, 15) is 9.59 Å². The molecular formula is C26H30N4O2. The lowest BCUT2D eigenvalue weighted by atomic mass is 10.0. The molecule has 32 heavy (non-hydrogen) atoms. The van der Waals surface area contributed by atoms with Crippen LogP contribution in [0.15, 0.2) is 65.3 Å². The van der Waals surface area contributed by atoms with Gasteiger partial charge in [-0.1, -0.05) is 43.7 Å². The molecule has 0 radical (unpaired) electrons. The lowest BCUT2D eigenvalue weighted by Gasteiger charge is -2.35. The van der Waals surface area contributed by atoms with Crippen LogP contribution in [-0.2, 0) is 9.59 Å². The number of hydrogen-bond acceptors (Lipinski definition) is 4. The SMILES string of the molecule is CCCCC1=NN(c2ccccc2)C(=O)/C1=C\c1ccc(N2CCN(C(C)=O)CC2)cc1. The number of rotatable bonds is 6. The van der Waals surface area contributed by atoms with Crippen LogP contribution in [0.2, 0.25) is 0 Å². The van der Waals surface area contributed by atoms with Crippen molar-refractivity contribution in [1.29, 1.82) is 0 Å². The summed E-state index contributed by atoms with van der Waals surface area (Å²) in [6, 6.07) is 17.9. The Balaban J connectivity index is 1.52. The van der Waals surface area contributed by atoms with Gasteiger partial charge in [0.15, 0.2) is 0 Å². The molecule has 166 valence electrons. The molecule has 2 aromatic rings. The standard InChI is InChI=1S/C26H30N4O2/c1-3-4-10-25-24(26(32)30(27-25)23-8-6-5-7-9-23)19-21-11-13-22(14-12-21)29-17-15-28(16-18-29)20(2)31/h5-9,11-14,19H,3-4,10,15-18H2,1-2H3/b24-19-. The van der Waals surface area contributed by atoms with Gasteiger partial charge in [0.1, 0.15) is 0 Å². The van der Waals surface area contributed by atoms with Gasteiger partial charge in [-0.3, -0.25) is 9.59 Å². The van der Waals surface area contributed by atoms with Crippen molar-refractivity contribution in [2.45, 2.75) is 33.1 Å². The molecule has 2 aromatic carbocycles. The minimum Gasteiger partial charge on any atom is -0.368 e. The maximum Gasteiger partial charge on any atom is 0.280 e. The first-order chi connectivity index (χ1) is 15.6. The number of piperazine rings is 1. The molecule has 2 aliphatic rings. The van der Waals surface area contributed by atoms with Gasteiger partial charge < -0.3 is 9.80 Å². The Kier molecular flexibility index (Phi) is 6.69. The summed E-state index contributed by atoms with van der Waals surface area (Å²) in [6.07, 6.45) is 4.79. The van der Waals surface area contributed by atoms with E-state index in [1.807, 2.05) is 41.3 Å².